The van der Waals surface area contributed by atoms with E-state index < -0.39 is 0 Å². The van der Waals surface area contributed by atoms with E-state index in [9.17, 15) is 0 Å². The number of hydrogen-bond acceptors (Lipinski definition) is 3. The van der Waals surface area contributed by atoms with E-state index in [0.717, 1.165) is 30.0 Å². The number of benzene rings is 1. The molecular weight excluding hydrogens is 250 g/mol. The van der Waals surface area contributed by atoms with Crippen molar-refractivity contribution in [2.24, 2.45) is 0 Å². The summed E-state index contributed by atoms with van der Waals surface area (Å²) >= 11 is 0. The average Bonchev–Trinajstić information content (AvgIpc) is 3.11. The van der Waals surface area contributed by atoms with E-state index in [1.54, 1.807) is 0 Å². The summed E-state index contributed by atoms with van der Waals surface area (Å²) in [6.07, 6.45) is 3.76. The number of para-hydroxylation sites is 2. The van der Waals surface area contributed by atoms with Gasteiger partial charge in [-0.3, -0.25) is 5.10 Å². The van der Waals surface area contributed by atoms with E-state index in [4.69, 9.17) is 4.98 Å². The summed E-state index contributed by atoms with van der Waals surface area (Å²) in [5.74, 6) is 1.07. The fourth-order valence-electron chi connectivity index (χ4n) is 2.47. The van der Waals surface area contributed by atoms with E-state index >= 15 is 0 Å². The van der Waals surface area contributed by atoms with Gasteiger partial charge in [0.15, 0.2) is 0 Å². The van der Waals surface area contributed by atoms with Gasteiger partial charge in [0.1, 0.15) is 5.82 Å². The van der Waals surface area contributed by atoms with Gasteiger partial charge in [-0.05, 0) is 26.0 Å². The smallest absolute Gasteiger partial charge is 0.123 e. The molecule has 0 saturated carbocycles. The molecule has 0 fully saturated rings. The maximum absolute atomic E-state index is 4.71. The Morgan fingerprint density at radius 2 is 2.20 bits per heavy atom. The number of hydrogen-bond donors (Lipinski definition) is 2. The number of nitrogens with one attached hydrogen (secondary N) is 2. The van der Waals surface area contributed by atoms with Crippen molar-refractivity contribution in [3.8, 4) is 0 Å². The Kier molecular flexibility index (Phi) is 3.52. The van der Waals surface area contributed by atoms with Crippen LogP contribution in [0.4, 0.5) is 0 Å². The minimum atomic E-state index is 0.249. The molecule has 1 atom stereocenters. The summed E-state index contributed by atoms with van der Waals surface area (Å²) in [5, 5.41) is 10.3. The van der Waals surface area contributed by atoms with E-state index in [2.05, 4.69) is 52.1 Å². The minimum absolute atomic E-state index is 0.249. The molecule has 0 amide bonds. The van der Waals surface area contributed by atoms with E-state index in [-0.39, 0.29) is 6.04 Å². The van der Waals surface area contributed by atoms with Crippen LogP contribution in [-0.2, 0) is 13.1 Å². The van der Waals surface area contributed by atoms with E-state index in [0.29, 0.717) is 0 Å². The molecule has 0 radical (unpaired) electrons. The zero-order valence-electron chi connectivity index (χ0n) is 11.8. The van der Waals surface area contributed by atoms with Crippen molar-refractivity contribution in [1.29, 1.82) is 0 Å². The van der Waals surface area contributed by atoms with Crippen LogP contribution in [-0.4, -0.2) is 19.7 Å². The maximum atomic E-state index is 4.71. The van der Waals surface area contributed by atoms with Gasteiger partial charge in [-0.25, -0.2) is 4.98 Å². The van der Waals surface area contributed by atoms with Crippen LogP contribution in [0.5, 0.6) is 0 Å². The van der Waals surface area contributed by atoms with Crippen LogP contribution in [0.3, 0.4) is 0 Å². The molecule has 5 nitrogen and oxygen atoms in total. The Labute approximate surface area is 118 Å². The second-order valence-electron chi connectivity index (χ2n) is 4.90. The van der Waals surface area contributed by atoms with Crippen molar-refractivity contribution in [2.75, 3.05) is 0 Å². The fraction of sp³-hybridized carbons (Fsp3) is 0.333. The minimum Gasteiger partial charge on any atom is -0.327 e. The van der Waals surface area contributed by atoms with Gasteiger partial charge >= 0.3 is 0 Å². The quantitative estimate of drug-likeness (QED) is 0.748. The molecule has 5 heteroatoms. The van der Waals surface area contributed by atoms with Crippen molar-refractivity contribution in [3.63, 3.8) is 0 Å². The van der Waals surface area contributed by atoms with Gasteiger partial charge in [-0.1, -0.05) is 12.1 Å². The predicted octanol–water partition coefficient (Wildman–Crippen LogP) is 2.63. The van der Waals surface area contributed by atoms with Gasteiger partial charge in [0.2, 0.25) is 0 Å². The van der Waals surface area contributed by atoms with Crippen molar-refractivity contribution in [3.05, 3.63) is 48.0 Å². The number of fused-ring (bicyclic) bond motifs is 1. The summed E-state index contributed by atoms with van der Waals surface area (Å²) in [6, 6.07) is 8.51. The molecule has 2 heterocycles. The average molecular weight is 269 g/mol. The number of nitrogens with zero attached hydrogens (tertiary/aromatic N) is 3. The van der Waals surface area contributed by atoms with Crippen molar-refractivity contribution >= 4 is 11.0 Å². The number of aryl methyl sites for hydroxylation is 1. The highest BCUT2D eigenvalue weighted by molar-refractivity contribution is 5.75. The molecule has 2 N–H and O–H groups in total. The standard InChI is InChI=1S/C15H19N5/c1-3-20-14-7-5-4-6-13(14)19-15(20)10-16-11(2)12-8-17-18-9-12/h4-9,11,16H,3,10H2,1-2H3,(H,17,18). The molecular formula is C15H19N5. The van der Waals surface area contributed by atoms with Gasteiger partial charge in [0.05, 0.1) is 23.8 Å². The molecule has 0 aliphatic rings. The van der Waals surface area contributed by atoms with Crippen LogP contribution in [0, 0.1) is 0 Å². The summed E-state index contributed by atoms with van der Waals surface area (Å²) in [7, 11) is 0. The summed E-state index contributed by atoms with van der Waals surface area (Å²) < 4.78 is 2.25. The highest BCUT2D eigenvalue weighted by atomic mass is 15.1. The second-order valence-corrected chi connectivity index (χ2v) is 4.90. The SMILES string of the molecule is CCn1c(CNC(C)c2cn[nH]c2)nc2ccccc21. The molecule has 0 aliphatic carbocycles. The van der Waals surface area contributed by atoms with Crippen LogP contribution in [0.15, 0.2) is 36.7 Å². The highest BCUT2D eigenvalue weighted by Gasteiger charge is 2.11. The van der Waals surface area contributed by atoms with E-state index in [1.807, 2.05) is 18.5 Å². The zero-order chi connectivity index (χ0) is 13.9. The largest absolute Gasteiger partial charge is 0.327 e. The number of rotatable bonds is 5. The number of aromatic amines is 1. The summed E-state index contributed by atoms with van der Waals surface area (Å²) in [4.78, 5) is 4.71. The van der Waals surface area contributed by atoms with Gasteiger partial charge < -0.3 is 9.88 Å². The molecule has 0 spiro atoms. The Morgan fingerprint density at radius 1 is 1.35 bits per heavy atom. The third kappa shape index (κ3) is 2.32. The molecule has 3 aromatic rings. The lowest BCUT2D eigenvalue weighted by Crippen LogP contribution is -2.20. The van der Waals surface area contributed by atoms with Crippen LogP contribution in [0.1, 0.15) is 31.3 Å². The Bertz CT molecular complexity index is 683. The summed E-state index contributed by atoms with van der Waals surface area (Å²) in [6.45, 7) is 5.95. The number of imidazole rings is 1. The lowest BCUT2D eigenvalue weighted by molar-refractivity contribution is 0.543. The maximum Gasteiger partial charge on any atom is 0.123 e. The Hall–Kier alpha value is -2.14. The zero-order valence-corrected chi connectivity index (χ0v) is 11.8. The van der Waals surface area contributed by atoms with Crippen LogP contribution < -0.4 is 5.32 Å². The molecule has 0 saturated heterocycles. The second kappa shape index (κ2) is 5.46. The van der Waals surface area contributed by atoms with Gasteiger partial charge in [-0.2, -0.15) is 5.10 Å². The molecule has 104 valence electrons. The fourth-order valence-corrected chi connectivity index (χ4v) is 2.47. The first-order valence-corrected chi connectivity index (χ1v) is 6.95. The number of aromatic nitrogens is 4. The monoisotopic (exact) mass is 269 g/mol. The molecule has 2 aromatic heterocycles. The van der Waals surface area contributed by atoms with Crippen molar-refractivity contribution in [2.45, 2.75) is 33.0 Å². The van der Waals surface area contributed by atoms with Crippen LogP contribution >= 0.6 is 0 Å². The molecule has 1 aromatic carbocycles. The Morgan fingerprint density at radius 3 is 2.95 bits per heavy atom. The third-order valence-corrected chi connectivity index (χ3v) is 3.64. The Balaban J connectivity index is 1.80. The molecule has 0 bridgehead atoms. The van der Waals surface area contributed by atoms with Gasteiger partial charge in [0.25, 0.3) is 0 Å². The molecule has 20 heavy (non-hydrogen) atoms. The lowest BCUT2D eigenvalue weighted by Gasteiger charge is -2.12. The first kappa shape index (κ1) is 12.9. The van der Waals surface area contributed by atoms with E-state index in [1.165, 1.54) is 5.52 Å². The molecule has 3 rings (SSSR count). The van der Waals surface area contributed by atoms with Gasteiger partial charge in [0, 0.05) is 24.3 Å². The van der Waals surface area contributed by atoms with Crippen LogP contribution in [0.2, 0.25) is 0 Å². The topological polar surface area (TPSA) is 58.5 Å². The highest BCUT2D eigenvalue weighted by Crippen LogP contribution is 2.17. The van der Waals surface area contributed by atoms with Crippen molar-refractivity contribution < 1.29 is 0 Å². The third-order valence-electron chi connectivity index (χ3n) is 3.64. The summed E-state index contributed by atoms with van der Waals surface area (Å²) in [5.41, 5.74) is 3.41. The first-order valence-electron chi connectivity index (χ1n) is 6.95. The first-order chi connectivity index (χ1) is 9.79. The van der Waals surface area contributed by atoms with Crippen LogP contribution in [0.25, 0.3) is 11.0 Å². The molecule has 1 unspecified atom stereocenters. The molecule has 0 aliphatic heterocycles. The number of H-pyrrole nitrogens is 1. The van der Waals surface area contributed by atoms with Crippen molar-refractivity contribution in [1.82, 2.24) is 25.1 Å². The lowest BCUT2D eigenvalue weighted by atomic mass is 10.2. The van der Waals surface area contributed by atoms with Gasteiger partial charge in [-0.15, -0.1) is 0 Å². The normalized spacial score (nSPS) is 12.9. The predicted molar refractivity (Wildman–Crippen MR) is 79.2 cm³/mol.